The first-order valence-corrected chi connectivity index (χ1v) is 12.0. The van der Waals surface area contributed by atoms with Crippen LogP contribution in [0.15, 0.2) is 60.9 Å². The molecule has 0 bridgehead atoms. The number of benzene rings is 1. The number of aromatic carboxylic acids is 1. The Hall–Kier alpha value is -4.64. The number of nitrogens with zero attached hydrogens (tertiary/aromatic N) is 8. The normalized spacial score (nSPS) is 13.8. The van der Waals surface area contributed by atoms with E-state index in [2.05, 4.69) is 15.0 Å². The smallest absolute Gasteiger partial charge is 0.354 e. The number of pyridine rings is 1. The van der Waals surface area contributed by atoms with Crippen molar-refractivity contribution in [2.24, 2.45) is 0 Å². The molecule has 4 aromatic heterocycles. The fourth-order valence-corrected chi connectivity index (χ4v) is 4.52. The monoisotopic (exact) mass is 496 g/mol. The van der Waals surface area contributed by atoms with Gasteiger partial charge in [0.25, 0.3) is 5.95 Å². The standard InChI is InChI=1S/C26H24N8O3/c1-2-33-22(18-8-10-27-11-9-18)28-21-23(32-12-14-37-15-13-32)29-26(30-24(21)33)34-20(25(35)36)16-19(31-34)17-6-4-3-5-7-17/h3-11,16H,2,12-15H2,1H3,(H,35,36). The summed E-state index contributed by atoms with van der Waals surface area (Å²) in [6, 6.07) is 14.8. The number of morpholine rings is 1. The number of aromatic nitrogens is 7. The first-order chi connectivity index (χ1) is 18.1. The van der Waals surface area contributed by atoms with Crippen LogP contribution in [0.4, 0.5) is 5.82 Å². The number of carboxylic acid groups (broad SMARTS) is 1. The number of carbonyl (C=O) groups is 1. The fourth-order valence-electron chi connectivity index (χ4n) is 4.52. The van der Waals surface area contributed by atoms with Crippen LogP contribution in [0.5, 0.6) is 0 Å². The molecule has 1 fully saturated rings. The Morgan fingerprint density at radius 1 is 1.00 bits per heavy atom. The fraction of sp³-hybridized carbons (Fsp3) is 0.231. The number of fused-ring (bicyclic) bond motifs is 1. The van der Waals surface area contributed by atoms with Crippen molar-refractivity contribution in [3.63, 3.8) is 0 Å². The molecule has 186 valence electrons. The van der Waals surface area contributed by atoms with Gasteiger partial charge in [0.15, 0.2) is 22.7 Å². The van der Waals surface area contributed by atoms with Crippen LogP contribution in [0.1, 0.15) is 17.4 Å². The van der Waals surface area contributed by atoms with Gasteiger partial charge in [0.2, 0.25) is 0 Å². The van der Waals surface area contributed by atoms with Crippen molar-refractivity contribution in [1.29, 1.82) is 0 Å². The van der Waals surface area contributed by atoms with Gasteiger partial charge in [0.05, 0.1) is 18.9 Å². The molecule has 1 aromatic carbocycles. The minimum absolute atomic E-state index is 0.0250. The molecule has 1 aliphatic rings. The van der Waals surface area contributed by atoms with Gasteiger partial charge in [-0.05, 0) is 25.1 Å². The molecule has 0 atom stereocenters. The van der Waals surface area contributed by atoms with Crippen molar-refractivity contribution >= 4 is 23.0 Å². The molecular formula is C26H24N8O3. The van der Waals surface area contributed by atoms with Crippen molar-refractivity contribution in [2.45, 2.75) is 13.5 Å². The van der Waals surface area contributed by atoms with Gasteiger partial charge in [-0.25, -0.2) is 9.78 Å². The van der Waals surface area contributed by atoms with E-state index in [0.717, 1.165) is 17.0 Å². The Morgan fingerprint density at radius 2 is 1.76 bits per heavy atom. The van der Waals surface area contributed by atoms with E-state index in [4.69, 9.17) is 19.7 Å². The number of rotatable bonds is 6. The van der Waals surface area contributed by atoms with E-state index < -0.39 is 5.97 Å². The van der Waals surface area contributed by atoms with E-state index in [1.165, 1.54) is 4.68 Å². The molecule has 1 N–H and O–H groups in total. The topological polar surface area (TPSA) is 124 Å². The van der Waals surface area contributed by atoms with Gasteiger partial charge in [-0.1, -0.05) is 30.3 Å². The number of carboxylic acids is 1. The lowest BCUT2D eigenvalue weighted by atomic mass is 10.1. The average Bonchev–Trinajstić information content (AvgIpc) is 3.56. The van der Waals surface area contributed by atoms with E-state index in [1.54, 1.807) is 18.5 Å². The molecular weight excluding hydrogens is 472 g/mol. The molecule has 6 rings (SSSR count). The van der Waals surface area contributed by atoms with Crippen LogP contribution >= 0.6 is 0 Å². The Bertz CT molecular complexity index is 1570. The van der Waals surface area contributed by atoms with Crippen molar-refractivity contribution < 1.29 is 14.6 Å². The highest BCUT2D eigenvalue weighted by Gasteiger charge is 2.26. The molecule has 5 aromatic rings. The van der Waals surface area contributed by atoms with Crippen LogP contribution in [0, 0.1) is 0 Å². The van der Waals surface area contributed by atoms with Crippen molar-refractivity contribution in [3.8, 4) is 28.6 Å². The second-order valence-corrected chi connectivity index (χ2v) is 8.53. The van der Waals surface area contributed by atoms with E-state index in [-0.39, 0.29) is 11.6 Å². The summed E-state index contributed by atoms with van der Waals surface area (Å²) in [5.41, 5.74) is 3.46. The van der Waals surface area contributed by atoms with Gasteiger partial charge in [0.1, 0.15) is 5.82 Å². The van der Waals surface area contributed by atoms with Crippen LogP contribution < -0.4 is 4.90 Å². The molecule has 0 saturated carbocycles. The predicted molar refractivity (Wildman–Crippen MR) is 137 cm³/mol. The van der Waals surface area contributed by atoms with E-state index >= 15 is 0 Å². The number of aryl methyl sites for hydroxylation is 1. The SMILES string of the molecule is CCn1c(-c2ccncc2)nc2c(N3CCOCC3)nc(-n3nc(-c4ccccc4)cc3C(=O)O)nc21. The zero-order valence-corrected chi connectivity index (χ0v) is 20.2. The Kier molecular flexibility index (Phi) is 5.81. The number of anilines is 1. The van der Waals surface area contributed by atoms with Crippen LogP contribution in [0.25, 0.3) is 39.8 Å². The number of imidazole rings is 1. The van der Waals surface area contributed by atoms with Crippen molar-refractivity contribution in [1.82, 2.24) is 34.3 Å². The molecule has 0 unspecified atom stereocenters. The maximum atomic E-state index is 12.2. The van der Waals surface area contributed by atoms with E-state index in [0.29, 0.717) is 55.5 Å². The summed E-state index contributed by atoms with van der Waals surface area (Å²) >= 11 is 0. The maximum absolute atomic E-state index is 12.2. The predicted octanol–water partition coefficient (Wildman–Crippen LogP) is 3.30. The zero-order chi connectivity index (χ0) is 25.4. The third-order valence-electron chi connectivity index (χ3n) is 6.32. The maximum Gasteiger partial charge on any atom is 0.354 e. The summed E-state index contributed by atoms with van der Waals surface area (Å²) in [6.07, 6.45) is 3.45. The zero-order valence-electron chi connectivity index (χ0n) is 20.2. The summed E-state index contributed by atoms with van der Waals surface area (Å²) in [5.74, 6) is 0.417. The molecule has 5 heterocycles. The highest BCUT2D eigenvalue weighted by atomic mass is 16.5. The van der Waals surface area contributed by atoms with Gasteiger partial charge in [0, 0.05) is 43.2 Å². The Morgan fingerprint density at radius 3 is 2.46 bits per heavy atom. The summed E-state index contributed by atoms with van der Waals surface area (Å²) < 4.78 is 8.86. The van der Waals surface area contributed by atoms with Crippen LogP contribution in [0.2, 0.25) is 0 Å². The molecule has 0 amide bonds. The summed E-state index contributed by atoms with van der Waals surface area (Å²) in [5, 5.41) is 14.6. The average molecular weight is 497 g/mol. The molecule has 1 aliphatic heterocycles. The summed E-state index contributed by atoms with van der Waals surface area (Å²) in [6.45, 7) is 5.02. The van der Waals surface area contributed by atoms with Crippen LogP contribution in [-0.2, 0) is 11.3 Å². The Balaban J connectivity index is 1.60. The first kappa shape index (κ1) is 22.8. The first-order valence-electron chi connectivity index (χ1n) is 12.0. The van der Waals surface area contributed by atoms with Gasteiger partial charge < -0.3 is 19.3 Å². The Labute approximate surface area is 212 Å². The highest BCUT2D eigenvalue weighted by Crippen LogP contribution is 2.31. The van der Waals surface area contributed by atoms with Gasteiger partial charge >= 0.3 is 5.97 Å². The lowest BCUT2D eigenvalue weighted by Gasteiger charge is -2.28. The molecule has 0 radical (unpaired) electrons. The molecule has 11 nitrogen and oxygen atoms in total. The third kappa shape index (κ3) is 4.08. The van der Waals surface area contributed by atoms with Gasteiger partial charge in [-0.15, -0.1) is 0 Å². The van der Waals surface area contributed by atoms with E-state index in [9.17, 15) is 9.90 Å². The largest absolute Gasteiger partial charge is 0.477 e. The summed E-state index contributed by atoms with van der Waals surface area (Å²) in [4.78, 5) is 33.1. The summed E-state index contributed by atoms with van der Waals surface area (Å²) in [7, 11) is 0. The van der Waals surface area contributed by atoms with Crippen LogP contribution in [-0.4, -0.2) is 71.7 Å². The lowest BCUT2D eigenvalue weighted by Crippen LogP contribution is -2.37. The number of ether oxygens (including phenoxy) is 1. The minimum atomic E-state index is -1.12. The number of hydrogen-bond donors (Lipinski definition) is 1. The molecule has 0 spiro atoms. The second kappa shape index (κ2) is 9.43. The van der Waals surface area contributed by atoms with Gasteiger partial charge in [-0.3, -0.25) is 4.98 Å². The third-order valence-corrected chi connectivity index (χ3v) is 6.32. The van der Waals surface area contributed by atoms with Crippen molar-refractivity contribution in [3.05, 3.63) is 66.6 Å². The van der Waals surface area contributed by atoms with E-state index in [1.807, 2.05) is 54.0 Å². The molecule has 37 heavy (non-hydrogen) atoms. The lowest BCUT2D eigenvalue weighted by molar-refractivity contribution is 0.0686. The second-order valence-electron chi connectivity index (χ2n) is 8.53. The molecule has 1 saturated heterocycles. The van der Waals surface area contributed by atoms with Crippen molar-refractivity contribution in [2.75, 3.05) is 31.2 Å². The highest BCUT2D eigenvalue weighted by molar-refractivity contribution is 5.90. The number of hydrogen-bond acceptors (Lipinski definition) is 8. The molecule has 11 heteroatoms. The quantitative estimate of drug-likeness (QED) is 0.377. The van der Waals surface area contributed by atoms with Crippen LogP contribution in [0.3, 0.4) is 0 Å². The minimum Gasteiger partial charge on any atom is -0.477 e. The molecule has 0 aliphatic carbocycles. The van der Waals surface area contributed by atoms with Gasteiger partial charge in [-0.2, -0.15) is 19.7 Å².